The Kier molecular flexibility index (Phi) is 3.89. The van der Waals surface area contributed by atoms with E-state index in [-0.39, 0.29) is 17.7 Å². The molecule has 4 nitrogen and oxygen atoms in total. The van der Waals surface area contributed by atoms with Crippen LogP contribution in [-0.4, -0.2) is 34.1 Å². The van der Waals surface area contributed by atoms with E-state index in [0.717, 1.165) is 25.7 Å². The number of ether oxygens (including phenoxy) is 2. The Labute approximate surface area is 128 Å². The number of nitrogens with zero attached hydrogens (tertiary/aromatic N) is 1. The summed E-state index contributed by atoms with van der Waals surface area (Å²) in [4.78, 5) is 0. The standard InChI is InChI=1S/C17H30NO3/c1-5-16(6-2)12-17(11-15(3,4)18(16)19)20-13-9-7-8-10-14(13)21-17/h13-14H,5-12H2,1-4H3. The first-order valence-electron chi connectivity index (χ1n) is 8.69. The van der Waals surface area contributed by atoms with Gasteiger partial charge in [0, 0.05) is 18.4 Å². The largest absolute Gasteiger partial charge is 0.344 e. The van der Waals surface area contributed by atoms with E-state index in [1.807, 2.05) is 13.8 Å². The molecule has 0 aromatic rings. The summed E-state index contributed by atoms with van der Waals surface area (Å²) in [6.07, 6.45) is 8.29. The molecule has 2 saturated heterocycles. The molecule has 3 rings (SSSR count). The lowest BCUT2D eigenvalue weighted by Crippen LogP contribution is -2.66. The van der Waals surface area contributed by atoms with E-state index in [2.05, 4.69) is 13.8 Å². The molecule has 0 aromatic carbocycles. The average Bonchev–Trinajstić information content (AvgIpc) is 2.79. The Hall–Kier alpha value is -0.160. The number of hydrogen-bond donors (Lipinski definition) is 0. The van der Waals surface area contributed by atoms with Gasteiger partial charge in [0.2, 0.25) is 0 Å². The normalized spacial score (nSPS) is 42.1. The number of piperidine rings is 1. The van der Waals surface area contributed by atoms with Gasteiger partial charge in [-0.15, -0.1) is 10.3 Å². The highest BCUT2D eigenvalue weighted by Gasteiger charge is 2.61. The van der Waals surface area contributed by atoms with E-state index in [0.29, 0.717) is 12.8 Å². The lowest BCUT2D eigenvalue weighted by atomic mass is 9.73. The predicted molar refractivity (Wildman–Crippen MR) is 80.1 cm³/mol. The van der Waals surface area contributed by atoms with Crippen LogP contribution >= 0.6 is 0 Å². The highest BCUT2D eigenvalue weighted by Crippen LogP contribution is 2.52. The van der Waals surface area contributed by atoms with Crippen molar-refractivity contribution >= 4 is 0 Å². The van der Waals surface area contributed by atoms with Crippen LogP contribution in [0, 0.1) is 0 Å². The summed E-state index contributed by atoms with van der Waals surface area (Å²) in [5.74, 6) is -0.532. The van der Waals surface area contributed by atoms with E-state index < -0.39 is 11.3 Å². The fourth-order valence-electron chi connectivity index (χ4n) is 4.87. The Morgan fingerprint density at radius 2 is 1.52 bits per heavy atom. The Morgan fingerprint density at radius 3 is 2.00 bits per heavy atom. The molecule has 2 aliphatic heterocycles. The quantitative estimate of drug-likeness (QED) is 0.778. The van der Waals surface area contributed by atoms with Gasteiger partial charge in [-0.25, -0.2) is 0 Å². The van der Waals surface area contributed by atoms with Crippen LogP contribution in [0.15, 0.2) is 0 Å². The maximum absolute atomic E-state index is 12.9. The number of hydroxylamine groups is 2. The van der Waals surface area contributed by atoms with Crippen LogP contribution in [0.5, 0.6) is 0 Å². The van der Waals surface area contributed by atoms with Crippen LogP contribution in [-0.2, 0) is 14.7 Å². The first-order valence-corrected chi connectivity index (χ1v) is 8.69. The van der Waals surface area contributed by atoms with Gasteiger partial charge in [-0.1, -0.05) is 26.7 Å². The van der Waals surface area contributed by atoms with Gasteiger partial charge in [-0.3, -0.25) is 0 Å². The second kappa shape index (κ2) is 5.19. The van der Waals surface area contributed by atoms with Crippen molar-refractivity contribution in [1.29, 1.82) is 0 Å². The summed E-state index contributed by atoms with van der Waals surface area (Å²) in [5, 5.41) is 14.2. The van der Waals surface area contributed by atoms with Gasteiger partial charge < -0.3 is 9.47 Å². The predicted octanol–water partition coefficient (Wildman–Crippen LogP) is 3.82. The molecule has 21 heavy (non-hydrogen) atoms. The molecule has 2 heterocycles. The minimum absolute atomic E-state index is 0.249. The highest BCUT2D eigenvalue weighted by molar-refractivity contribution is 5.06. The zero-order chi connectivity index (χ0) is 15.3. The molecular weight excluding hydrogens is 266 g/mol. The molecule has 0 aromatic heterocycles. The summed E-state index contributed by atoms with van der Waals surface area (Å²) in [6.45, 7) is 8.31. The van der Waals surface area contributed by atoms with Gasteiger partial charge >= 0.3 is 0 Å². The highest BCUT2D eigenvalue weighted by atomic mass is 16.8. The van der Waals surface area contributed by atoms with Crippen LogP contribution in [0.4, 0.5) is 0 Å². The van der Waals surface area contributed by atoms with E-state index in [1.54, 1.807) is 0 Å². The molecule has 2 unspecified atom stereocenters. The van der Waals surface area contributed by atoms with Crippen molar-refractivity contribution < 1.29 is 14.7 Å². The van der Waals surface area contributed by atoms with Crippen molar-refractivity contribution in [3.63, 3.8) is 0 Å². The molecule has 0 N–H and O–H groups in total. The average molecular weight is 296 g/mol. The second-order valence-electron chi connectivity index (χ2n) is 7.90. The molecule has 0 bridgehead atoms. The van der Waals surface area contributed by atoms with Gasteiger partial charge in [0.1, 0.15) is 0 Å². The van der Waals surface area contributed by atoms with Crippen LogP contribution < -0.4 is 0 Å². The summed E-state index contributed by atoms with van der Waals surface area (Å²) in [5.41, 5.74) is -0.785. The van der Waals surface area contributed by atoms with Crippen molar-refractivity contribution in [3.05, 3.63) is 0 Å². The van der Waals surface area contributed by atoms with Crippen LogP contribution in [0.2, 0.25) is 0 Å². The van der Waals surface area contributed by atoms with Crippen molar-refractivity contribution in [1.82, 2.24) is 5.06 Å². The van der Waals surface area contributed by atoms with Crippen molar-refractivity contribution in [2.24, 2.45) is 0 Å². The molecular formula is C17H30NO3. The SMILES string of the molecule is CCC1(CC)CC2(CC(C)(C)N1[O])OC1CCCCC1O2. The third-order valence-corrected chi connectivity index (χ3v) is 5.97. The number of rotatable bonds is 2. The molecule has 1 aliphatic carbocycles. The van der Waals surface area contributed by atoms with E-state index in [1.165, 1.54) is 17.9 Å². The maximum atomic E-state index is 12.9. The lowest BCUT2D eigenvalue weighted by Gasteiger charge is -2.55. The summed E-state index contributed by atoms with van der Waals surface area (Å²) in [7, 11) is 0. The second-order valence-corrected chi connectivity index (χ2v) is 7.90. The summed E-state index contributed by atoms with van der Waals surface area (Å²) in [6, 6.07) is 0. The van der Waals surface area contributed by atoms with Crippen molar-refractivity contribution in [2.75, 3.05) is 0 Å². The number of hydrogen-bond acceptors (Lipinski definition) is 3. The lowest BCUT2D eigenvalue weighted by molar-refractivity contribution is -0.353. The molecule has 2 atom stereocenters. The maximum Gasteiger partial charge on any atom is 0.172 e. The topological polar surface area (TPSA) is 41.6 Å². The van der Waals surface area contributed by atoms with Crippen molar-refractivity contribution in [3.8, 4) is 0 Å². The smallest absolute Gasteiger partial charge is 0.172 e. The zero-order valence-electron chi connectivity index (χ0n) is 14.0. The summed E-state index contributed by atoms with van der Waals surface area (Å²) < 4.78 is 12.9. The minimum atomic E-state index is -0.532. The molecule has 1 radical (unpaired) electrons. The van der Waals surface area contributed by atoms with Gasteiger partial charge in [0.15, 0.2) is 5.79 Å². The first-order chi connectivity index (χ1) is 9.86. The zero-order valence-corrected chi connectivity index (χ0v) is 14.0. The first kappa shape index (κ1) is 15.7. The van der Waals surface area contributed by atoms with E-state index >= 15 is 0 Å². The molecule has 0 amide bonds. The molecule has 1 spiro atoms. The molecule has 3 fully saturated rings. The fraction of sp³-hybridized carbons (Fsp3) is 1.00. The third kappa shape index (κ3) is 2.44. The Morgan fingerprint density at radius 1 is 1.00 bits per heavy atom. The van der Waals surface area contributed by atoms with Gasteiger partial charge in [-0.05, 0) is 39.5 Å². The minimum Gasteiger partial charge on any atom is -0.344 e. The van der Waals surface area contributed by atoms with Gasteiger partial charge in [0.25, 0.3) is 0 Å². The molecule has 121 valence electrons. The fourth-order valence-corrected chi connectivity index (χ4v) is 4.87. The molecule has 3 aliphatic rings. The molecule has 1 saturated carbocycles. The van der Waals surface area contributed by atoms with E-state index in [9.17, 15) is 5.21 Å². The molecule has 4 heteroatoms. The monoisotopic (exact) mass is 296 g/mol. The Balaban J connectivity index is 1.89. The van der Waals surface area contributed by atoms with E-state index in [4.69, 9.17) is 9.47 Å². The van der Waals surface area contributed by atoms with Gasteiger partial charge in [0.05, 0.1) is 17.7 Å². The summed E-state index contributed by atoms with van der Waals surface area (Å²) >= 11 is 0. The van der Waals surface area contributed by atoms with Crippen LogP contribution in [0.25, 0.3) is 0 Å². The van der Waals surface area contributed by atoms with Crippen molar-refractivity contribution in [2.45, 2.75) is 108 Å². The Bertz CT molecular complexity index is 377. The third-order valence-electron chi connectivity index (χ3n) is 5.97. The van der Waals surface area contributed by atoms with Gasteiger partial charge in [-0.2, -0.15) is 0 Å². The van der Waals surface area contributed by atoms with Crippen LogP contribution in [0.3, 0.4) is 0 Å². The number of fused-ring (bicyclic) bond motifs is 1. The van der Waals surface area contributed by atoms with Crippen LogP contribution in [0.1, 0.15) is 79.1 Å².